The molecule has 0 spiro atoms. The van der Waals surface area contributed by atoms with Crippen LogP contribution in [0.4, 0.5) is 0 Å². The van der Waals surface area contributed by atoms with E-state index in [9.17, 15) is 4.79 Å². The summed E-state index contributed by atoms with van der Waals surface area (Å²) < 4.78 is 0. The minimum absolute atomic E-state index is 0. The molecule has 0 bridgehead atoms. The molecular weight excluding hydrogens is 357 g/mol. The monoisotopic (exact) mass is 375 g/mol. The molecule has 1 unspecified atom stereocenters. The van der Waals surface area contributed by atoms with Crippen molar-refractivity contribution >= 4 is 53.2 Å². The highest BCUT2D eigenvalue weighted by atomic mass is 35.5. The second kappa shape index (κ2) is 8.69. The minimum atomic E-state index is 0. The van der Waals surface area contributed by atoms with E-state index in [1.54, 1.807) is 12.3 Å². The predicted octanol–water partition coefficient (Wildman–Crippen LogP) is 3.56. The lowest BCUT2D eigenvalue weighted by atomic mass is 10.0. The lowest BCUT2D eigenvalue weighted by molar-refractivity contribution is 0.0700. The van der Waals surface area contributed by atoms with Gasteiger partial charge in [-0.05, 0) is 38.1 Å². The molecule has 126 valence electrons. The summed E-state index contributed by atoms with van der Waals surface area (Å²) in [6.45, 7) is 1.52. The zero-order valence-corrected chi connectivity index (χ0v) is 15.2. The number of carbonyl (C=O) groups excluding carboxylic acids is 1. The van der Waals surface area contributed by atoms with Crippen molar-refractivity contribution < 1.29 is 4.79 Å². The van der Waals surface area contributed by atoms with Crippen molar-refractivity contribution in [2.24, 2.45) is 0 Å². The number of amides is 1. The summed E-state index contributed by atoms with van der Waals surface area (Å²) in [5, 5.41) is 4.72. The smallest absolute Gasteiger partial charge is 0.256 e. The Morgan fingerprint density at radius 3 is 2.91 bits per heavy atom. The van der Waals surface area contributed by atoms with Crippen molar-refractivity contribution in [2.75, 3.05) is 20.1 Å². The van der Waals surface area contributed by atoms with Crippen molar-refractivity contribution in [1.29, 1.82) is 0 Å². The number of pyridine rings is 1. The minimum Gasteiger partial charge on any atom is -0.337 e. The molecule has 1 saturated heterocycles. The first-order valence-corrected chi connectivity index (χ1v) is 7.57. The third kappa shape index (κ3) is 4.27. The molecule has 4 nitrogen and oxygen atoms in total. The maximum absolute atomic E-state index is 12.8. The number of halogens is 3. The van der Waals surface area contributed by atoms with E-state index in [0.717, 1.165) is 36.8 Å². The summed E-state index contributed by atoms with van der Waals surface area (Å²) in [6, 6.07) is 7.71. The number of likely N-dealkylation sites (tertiary alicyclic amines) is 1. The quantitative estimate of drug-likeness (QED) is 0.871. The van der Waals surface area contributed by atoms with E-state index in [-0.39, 0.29) is 30.7 Å². The molecule has 1 aromatic carbocycles. The summed E-state index contributed by atoms with van der Waals surface area (Å²) in [4.78, 5) is 19.1. The Bertz CT molecular complexity index is 681. The van der Waals surface area contributed by atoms with Crippen LogP contribution in [-0.4, -0.2) is 42.0 Å². The molecule has 2 heterocycles. The van der Waals surface area contributed by atoms with Gasteiger partial charge in [0.2, 0.25) is 0 Å². The molecule has 1 aliphatic heterocycles. The molecule has 7 heteroatoms. The van der Waals surface area contributed by atoms with Gasteiger partial charge in [-0.3, -0.25) is 9.78 Å². The largest absolute Gasteiger partial charge is 0.337 e. The van der Waals surface area contributed by atoms with Gasteiger partial charge >= 0.3 is 0 Å². The summed E-state index contributed by atoms with van der Waals surface area (Å²) in [6.07, 6.45) is 3.83. The second-order valence-corrected chi connectivity index (χ2v) is 5.84. The average Bonchev–Trinajstić information content (AvgIpc) is 2.53. The highest BCUT2D eigenvalue weighted by molar-refractivity contribution is 6.32. The molecule has 1 atom stereocenters. The van der Waals surface area contributed by atoms with E-state index in [0.29, 0.717) is 16.6 Å². The number of nitrogens with zero attached hydrogens (tertiary/aromatic N) is 2. The van der Waals surface area contributed by atoms with Gasteiger partial charge in [0.05, 0.1) is 11.1 Å². The molecule has 0 saturated carbocycles. The molecule has 1 N–H and O–H groups in total. The van der Waals surface area contributed by atoms with Crippen molar-refractivity contribution in [3.8, 4) is 0 Å². The van der Waals surface area contributed by atoms with Crippen LogP contribution in [0.3, 0.4) is 0 Å². The van der Waals surface area contributed by atoms with Crippen LogP contribution in [0.5, 0.6) is 0 Å². The van der Waals surface area contributed by atoms with Gasteiger partial charge < -0.3 is 10.2 Å². The topological polar surface area (TPSA) is 45.2 Å². The number of carbonyl (C=O) groups is 1. The van der Waals surface area contributed by atoms with Gasteiger partial charge in [0, 0.05) is 35.7 Å². The number of piperidine rings is 1. The van der Waals surface area contributed by atoms with E-state index in [1.807, 2.05) is 30.1 Å². The number of benzene rings is 1. The molecule has 0 aliphatic carbocycles. The Hall–Kier alpha value is -1.07. The van der Waals surface area contributed by atoms with Crippen molar-refractivity contribution in [2.45, 2.75) is 18.9 Å². The summed E-state index contributed by atoms with van der Waals surface area (Å²) >= 11 is 6.15. The molecule has 0 radical (unpaired) electrons. The molecule has 1 amide bonds. The average molecular weight is 377 g/mol. The van der Waals surface area contributed by atoms with Crippen LogP contribution in [0.1, 0.15) is 23.2 Å². The molecular formula is C16H20Cl3N3O. The van der Waals surface area contributed by atoms with Gasteiger partial charge in [-0.25, -0.2) is 0 Å². The maximum atomic E-state index is 12.8. The van der Waals surface area contributed by atoms with Gasteiger partial charge in [0.1, 0.15) is 0 Å². The highest BCUT2D eigenvalue weighted by Gasteiger charge is 2.25. The van der Waals surface area contributed by atoms with Crippen LogP contribution in [0, 0.1) is 0 Å². The van der Waals surface area contributed by atoms with Crippen LogP contribution >= 0.6 is 36.4 Å². The Morgan fingerprint density at radius 1 is 1.39 bits per heavy atom. The fourth-order valence-electron chi connectivity index (χ4n) is 2.89. The maximum Gasteiger partial charge on any atom is 0.256 e. The highest BCUT2D eigenvalue weighted by Crippen LogP contribution is 2.24. The van der Waals surface area contributed by atoms with Crippen LogP contribution in [-0.2, 0) is 0 Å². The fourth-order valence-corrected chi connectivity index (χ4v) is 3.11. The van der Waals surface area contributed by atoms with E-state index < -0.39 is 0 Å². The second-order valence-electron chi connectivity index (χ2n) is 5.41. The molecule has 23 heavy (non-hydrogen) atoms. The Morgan fingerprint density at radius 2 is 2.17 bits per heavy atom. The van der Waals surface area contributed by atoms with Gasteiger partial charge in [-0.1, -0.05) is 17.7 Å². The number of rotatable bonds is 2. The third-order valence-electron chi connectivity index (χ3n) is 4.02. The number of aromatic nitrogens is 1. The van der Waals surface area contributed by atoms with Crippen LogP contribution in [0.2, 0.25) is 5.02 Å². The Labute approximate surface area is 153 Å². The molecule has 3 rings (SSSR count). The first kappa shape index (κ1) is 20.0. The SMILES string of the molecule is CNC1CCCN(C(=O)c2cc(Cl)cc3cccnc23)C1.Cl.Cl. The normalized spacial score (nSPS) is 17.3. The summed E-state index contributed by atoms with van der Waals surface area (Å²) in [5.41, 5.74) is 1.31. The number of nitrogens with one attached hydrogen (secondary N) is 1. The van der Waals surface area contributed by atoms with E-state index in [4.69, 9.17) is 11.6 Å². The standard InChI is InChI=1S/C16H18ClN3O.2ClH/c1-18-13-5-3-7-20(10-13)16(21)14-9-12(17)8-11-4-2-6-19-15(11)14;;/h2,4,6,8-9,13,18H,3,5,7,10H2,1H3;2*1H. The zero-order chi connectivity index (χ0) is 14.8. The first-order chi connectivity index (χ1) is 10.2. The van der Waals surface area contributed by atoms with Gasteiger partial charge in [-0.15, -0.1) is 24.8 Å². The number of hydrogen-bond donors (Lipinski definition) is 1. The molecule has 1 aliphatic rings. The van der Waals surface area contributed by atoms with Crippen molar-refractivity contribution in [3.05, 3.63) is 41.0 Å². The van der Waals surface area contributed by atoms with Gasteiger partial charge in [-0.2, -0.15) is 0 Å². The fraction of sp³-hybridized carbons (Fsp3) is 0.375. The third-order valence-corrected chi connectivity index (χ3v) is 4.24. The predicted molar refractivity (Wildman–Crippen MR) is 99.2 cm³/mol. The number of likely N-dealkylation sites (N-methyl/N-ethyl adjacent to an activating group) is 1. The van der Waals surface area contributed by atoms with Crippen molar-refractivity contribution in [3.63, 3.8) is 0 Å². The molecule has 2 aromatic rings. The summed E-state index contributed by atoms with van der Waals surface area (Å²) in [5.74, 6) is 0.0150. The van der Waals surface area contributed by atoms with Gasteiger partial charge in [0.25, 0.3) is 5.91 Å². The molecule has 1 fully saturated rings. The van der Waals surface area contributed by atoms with E-state index in [1.165, 1.54) is 0 Å². The summed E-state index contributed by atoms with van der Waals surface area (Å²) in [7, 11) is 1.94. The van der Waals surface area contributed by atoms with Crippen LogP contribution < -0.4 is 5.32 Å². The lowest BCUT2D eigenvalue weighted by Gasteiger charge is -2.32. The van der Waals surface area contributed by atoms with E-state index >= 15 is 0 Å². The zero-order valence-electron chi connectivity index (χ0n) is 12.8. The lowest BCUT2D eigenvalue weighted by Crippen LogP contribution is -2.47. The number of fused-ring (bicyclic) bond motifs is 1. The molecule has 1 aromatic heterocycles. The number of hydrogen-bond acceptors (Lipinski definition) is 3. The Kier molecular flexibility index (Phi) is 7.55. The van der Waals surface area contributed by atoms with Crippen LogP contribution in [0.25, 0.3) is 10.9 Å². The van der Waals surface area contributed by atoms with Crippen molar-refractivity contribution in [1.82, 2.24) is 15.2 Å². The Balaban J connectivity index is 0.00000132. The van der Waals surface area contributed by atoms with Crippen LogP contribution in [0.15, 0.2) is 30.5 Å². The van der Waals surface area contributed by atoms with Gasteiger partial charge in [0.15, 0.2) is 0 Å². The van der Waals surface area contributed by atoms with E-state index in [2.05, 4.69) is 10.3 Å². The first-order valence-electron chi connectivity index (χ1n) is 7.20.